The Morgan fingerprint density at radius 3 is 2.00 bits per heavy atom. The maximum absolute atomic E-state index is 11.2. The first-order valence-corrected chi connectivity index (χ1v) is 4.61. The second kappa shape index (κ2) is 7.48. The molecule has 0 aromatic heterocycles. The van der Waals surface area contributed by atoms with Crippen molar-refractivity contribution >= 4 is 24.3 Å². The van der Waals surface area contributed by atoms with Crippen LogP contribution in [0.2, 0.25) is 0 Å². The van der Waals surface area contributed by atoms with Crippen molar-refractivity contribution in [2.45, 2.75) is 45.9 Å². The Hall–Kier alpha value is -0.810. The molecule has 0 radical (unpaired) electrons. The zero-order chi connectivity index (χ0) is 11.3. The average molecular weight is 239 g/mol. The van der Waals surface area contributed by atoms with E-state index in [2.05, 4.69) is 5.32 Å². The van der Waals surface area contributed by atoms with E-state index in [9.17, 15) is 9.59 Å². The summed E-state index contributed by atoms with van der Waals surface area (Å²) in [4.78, 5) is 22.3. The molecule has 0 aromatic carbocycles. The first kappa shape index (κ1) is 16.6. The molecule has 1 amide bonds. The van der Waals surface area contributed by atoms with Gasteiger partial charge in [0.05, 0.1) is 12.1 Å². The van der Waals surface area contributed by atoms with Crippen molar-refractivity contribution in [1.82, 2.24) is 5.32 Å². The third-order valence-corrected chi connectivity index (χ3v) is 1.48. The molecule has 6 heteroatoms. The average Bonchev–Trinajstić information content (AvgIpc) is 2.02. The summed E-state index contributed by atoms with van der Waals surface area (Å²) in [6.07, 6.45) is -0.183. The molecule has 15 heavy (non-hydrogen) atoms. The highest BCUT2D eigenvalue weighted by Crippen LogP contribution is 1.94. The fourth-order valence-corrected chi connectivity index (χ4v) is 0.738. The lowest BCUT2D eigenvalue weighted by atomic mass is 10.3. The molecular formula is C9H19ClN2O3. The molecule has 0 aromatic rings. The minimum atomic E-state index is -0.657. The van der Waals surface area contributed by atoms with Crippen LogP contribution in [0.4, 0.5) is 0 Å². The molecule has 0 fully saturated rings. The highest BCUT2D eigenvalue weighted by atomic mass is 35.5. The summed E-state index contributed by atoms with van der Waals surface area (Å²) in [5.74, 6) is -0.813. The summed E-state index contributed by atoms with van der Waals surface area (Å²) in [5.41, 5.74) is 5.32. The van der Waals surface area contributed by atoms with Crippen LogP contribution in [0.5, 0.6) is 0 Å². The van der Waals surface area contributed by atoms with Gasteiger partial charge in [0.1, 0.15) is 6.04 Å². The maximum Gasteiger partial charge on any atom is 0.328 e. The zero-order valence-electron chi connectivity index (χ0n) is 9.44. The molecule has 0 aliphatic heterocycles. The van der Waals surface area contributed by atoms with Crippen molar-refractivity contribution in [3.63, 3.8) is 0 Å². The van der Waals surface area contributed by atoms with E-state index in [4.69, 9.17) is 10.5 Å². The molecule has 0 saturated heterocycles. The summed E-state index contributed by atoms with van der Waals surface area (Å²) in [6, 6.07) is -1.28. The number of halogens is 1. The van der Waals surface area contributed by atoms with Gasteiger partial charge >= 0.3 is 5.97 Å². The van der Waals surface area contributed by atoms with E-state index in [0.717, 1.165) is 0 Å². The van der Waals surface area contributed by atoms with E-state index in [1.807, 2.05) is 0 Å². The number of ether oxygens (including phenoxy) is 1. The third-order valence-electron chi connectivity index (χ3n) is 1.48. The minimum Gasteiger partial charge on any atom is -0.461 e. The second-order valence-electron chi connectivity index (χ2n) is 3.50. The largest absolute Gasteiger partial charge is 0.461 e. The number of carbonyl (C=O) groups is 2. The van der Waals surface area contributed by atoms with Gasteiger partial charge in [-0.2, -0.15) is 0 Å². The molecule has 0 aliphatic rings. The van der Waals surface area contributed by atoms with Crippen LogP contribution >= 0.6 is 12.4 Å². The second-order valence-corrected chi connectivity index (χ2v) is 3.50. The van der Waals surface area contributed by atoms with Crippen molar-refractivity contribution in [2.24, 2.45) is 5.73 Å². The first-order valence-electron chi connectivity index (χ1n) is 4.61. The van der Waals surface area contributed by atoms with Crippen molar-refractivity contribution < 1.29 is 14.3 Å². The lowest BCUT2D eigenvalue weighted by Gasteiger charge is -2.16. The van der Waals surface area contributed by atoms with Crippen LogP contribution in [-0.4, -0.2) is 30.1 Å². The lowest BCUT2D eigenvalue weighted by molar-refractivity contribution is -0.151. The topological polar surface area (TPSA) is 81.4 Å². The van der Waals surface area contributed by atoms with Crippen molar-refractivity contribution in [3.8, 4) is 0 Å². The van der Waals surface area contributed by atoms with Crippen molar-refractivity contribution in [1.29, 1.82) is 0 Å². The molecule has 2 atom stereocenters. The Morgan fingerprint density at radius 1 is 1.20 bits per heavy atom. The Morgan fingerprint density at radius 2 is 1.67 bits per heavy atom. The van der Waals surface area contributed by atoms with Gasteiger partial charge in [-0.1, -0.05) is 0 Å². The standard InChI is InChI=1S/C9H18N2O3.ClH/c1-5(2)14-9(13)7(4)11-8(12)6(3)10;/h5-7H,10H2,1-4H3,(H,11,12);1H. The summed E-state index contributed by atoms with van der Waals surface area (Å²) < 4.78 is 4.90. The van der Waals surface area contributed by atoms with E-state index in [1.54, 1.807) is 27.7 Å². The molecule has 0 saturated carbocycles. The number of nitrogens with two attached hydrogens (primary N) is 1. The number of amides is 1. The molecule has 0 rings (SSSR count). The number of esters is 1. The number of hydrogen-bond donors (Lipinski definition) is 2. The molecule has 0 aliphatic carbocycles. The molecule has 90 valence electrons. The fourth-order valence-electron chi connectivity index (χ4n) is 0.738. The van der Waals surface area contributed by atoms with E-state index < -0.39 is 18.1 Å². The van der Waals surface area contributed by atoms with Crippen LogP contribution in [0.25, 0.3) is 0 Å². The van der Waals surface area contributed by atoms with Gasteiger partial charge in [0.25, 0.3) is 0 Å². The number of nitrogens with one attached hydrogen (secondary N) is 1. The van der Waals surface area contributed by atoms with Gasteiger partial charge in [-0.3, -0.25) is 4.79 Å². The molecular weight excluding hydrogens is 220 g/mol. The minimum absolute atomic E-state index is 0. The van der Waals surface area contributed by atoms with Crippen molar-refractivity contribution in [2.75, 3.05) is 0 Å². The summed E-state index contributed by atoms with van der Waals surface area (Å²) in [6.45, 7) is 6.61. The molecule has 5 nitrogen and oxygen atoms in total. The lowest BCUT2D eigenvalue weighted by Crippen LogP contribution is -2.46. The van der Waals surface area contributed by atoms with Crippen LogP contribution in [0.1, 0.15) is 27.7 Å². The Kier molecular flexibility index (Phi) is 8.28. The highest BCUT2D eigenvalue weighted by molar-refractivity contribution is 5.86. The Bertz CT molecular complexity index is 219. The quantitative estimate of drug-likeness (QED) is 0.687. The van der Waals surface area contributed by atoms with Crippen LogP contribution in [0, 0.1) is 0 Å². The Labute approximate surface area is 96.1 Å². The van der Waals surface area contributed by atoms with Gasteiger partial charge in [0, 0.05) is 0 Å². The van der Waals surface area contributed by atoms with E-state index >= 15 is 0 Å². The summed E-state index contributed by atoms with van der Waals surface area (Å²) in [7, 11) is 0. The molecule has 0 heterocycles. The van der Waals surface area contributed by atoms with Gasteiger partial charge in [-0.15, -0.1) is 12.4 Å². The van der Waals surface area contributed by atoms with E-state index in [1.165, 1.54) is 0 Å². The van der Waals surface area contributed by atoms with Gasteiger partial charge in [-0.05, 0) is 27.7 Å². The SMILES string of the molecule is CC(C)OC(=O)C(C)NC(=O)C(C)N.Cl. The normalized spacial score (nSPS) is 13.7. The van der Waals surface area contributed by atoms with Crippen LogP contribution in [0.15, 0.2) is 0 Å². The number of carbonyl (C=O) groups excluding carboxylic acids is 2. The van der Waals surface area contributed by atoms with Crippen LogP contribution < -0.4 is 11.1 Å². The van der Waals surface area contributed by atoms with Gasteiger partial charge in [0.15, 0.2) is 0 Å². The number of hydrogen-bond acceptors (Lipinski definition) is 4. The Balaban J connectivity index is 0. The molecule has 0 bridgehead atoms. The zero-order valence-corrected chi connectivity index (χ0v) is 10.3. The first-order chi connectivity index (χ1) is 6.34. The fraction of sp³-hybridized carbons (Fsp3) is 0.778. The third kappa shape index (κ3) is 7.16. The summed E-state index contributed by atoms with van der Waals surface area (Å²) >= 11 is 0. The highest BCUT2D eigenvalue weighted by Gasteiger charge is 2.19. The molecule has 2 unspecified atom stereocenters. The van der Waals surface area contributed by atoms with Gasteiger partial charge < -0.3 is 15.8 Å². The van der Waals surface area contributed by atoms with Crippen LogP contribution in [0.3, 0.4) is 0 Å². The predicted octanol–water partition coefficient (Wildman–Crippen LogP) is 0.212. The van der Waals surface area contributed by atoms with Crippen molar-refractivity contribution in [3.05, 3.63) is 0 Å². The maximum atomic E-state index is 11.2. The number of rotatable bonds is 4. The predicted molar refractivity (Wildman–Crippen MR) is 59.7 cm³/mol. The molecule has 0 spiro atoms. The molecule has 3 N–H and O–H groups in total. The van der Waals surface area contributed by atoms with Gasteiger partial charge in [0.2, 0.25) is 5.91 Å². The van der Waals surface area contributed by atoms with Gasteiger partial charge in [-0.25, -0.2) is 4.79 Å². The summed E-state index contributed by atoms with van der Waals surface area (Å²) in [5, 5.41) is 2.45. The van der Waals surface area contributed by atoms with Crippen LogP contribution in [-0.2, 0) is 14.3 Å². The van der Waals surface area contributed by atoms with E-state index in [-0.39, 0.29) is 24.4 Å². The monoisotopic (exact) mass is 238 g/mol. The van der Waals surface area contributed by atoms with E-state index in [0.29, 0.717) is 0 Å². The smallest absolute Gasteiger partial charge is 0.328 e.